The number of benzene rings is 2. The van der Waals surface area contributed by atoms with Gasteiger partial charge in [-0.3, -0.25) is 4.79 Å². The lowest BCUT2D eigenvalue weighted by atomic mass is 10.2. The second kappa shape index (κ2) is 6.77. The first-order chi connectivity index (χ1) is 9.56. The summed E-state index contributed by atoms with van der Waals surface area (Å²) in [5.41, 5.74) is 2.73. The SMILES string of the molecule is Cc1ccc(NC(=O)CNc2cccc(Cl)c2Br)cc1. The van der Waals surface area contributed by atoms with Gasteiger partial charge in [-0.05, 0) is 47.1 Å². The lowest BCUT2D eigenvalue weighted by Gasteiger charge is -2.10. The fourth-order valence-corrected chi connectivity index (χ4v) is 2.24. The minimum Gasteiger partial charge on any atom is -0.375 e. The molecule has 0 heterocycles. The Morgan fingerprint density at radius 2 is 1.90 bits per heavy atom. The van der Waals surface area contributed by atoms with Crippen molar-refractivity contribution in [1.29, 1.82) is 0 Å². The molecule has 0 saturated heterocycles. The van der Waals surface area contributed by atoms with Gasteiger partial charge in [0.25, 0.3) is 0 Å². The van der Waals surface area contributed by atoms with Gasteiger partial charge in [0.05, 0.1) is 21.7 Å². The Hall–Kier alpha value is -1.52. The van der Waals surface area contributed by atoms with Crippen molar-refractivity contribution in [3.8, 4) is 0 Å². The molecule has 0 aliphatic carbocycles. The zero-order chi connectivity index (χ0) is 14.5. The van der Waals surface area contributed by atoms with Gasteiger partial charge in [0, 0.05) is 5.69 Å². The molecule has 1 amide bonds. The molecular formula is C15H14BrClN2O. The van der Waals surface area contributed by atoms with Crippen molar-refractivity contribution < 1.29 is 4.79 Å². The smallest absolute Gasteiger partial charge is 0.243 e. The van der Waals surface area contributed by atoms with E-state index in [4.69, 9.17) is 11.6 Å². The van der Waals surface area contributed by atoms with Gasteiger partial charge < -0.3 is 10.6 Å². The molecule has 0 spiro atoms. The van der Waals surface area contributed by atoms with Crippen LogP contribution in [-0.4, -0.2) is 12.5 Å². The van der Waals surface area contributed by atoms with Crippen LogP contribution in [0.2, 0.25) is 5.02 Å². The third-order valence-corrected chi connectivity index (χ3v) is 4.12. The first kappa shape index (κ1) is 14.9. The van der Waals surface area contributed by atoms with Crippen molar-refractivity contribution in [2.24, 2.45) is 0 Å². The molecule has 0 bridgehead atoms. The molecule has 0 atom stereocenters. The molecule has 0 aliphatic rings. The van der Waals surface area contributed by atoms with Crippen LogP contribution in [0, 0.1) is 6.92 Å². The molecule has 2 N–H and O–H groups in total. The van der Waals surface area contributed by atoms with Gasteiger partial charge in [-0.2, -0.15) is 0 Å². The van der Waals surface area contributed by atoms with E-state index in [2.05, 4.69) is 26.6 Å². The summed E-state index contributed by atoms with van der Waals surface area (Å²) in [5, 5.41) is 6.47. The van der Waals surface area contributed by atoms with Crippen molar-refractivity contribution in [3.63, 3.8) is 0 Å². The van der Waals surface area contributed by atoms with Gasteiger partial charge in [0.1, 0.15) is 0 Å². The van der Waals surface area contributed by atoms with Gasteiger partial charge in [-0.15, -0.1) is 0 Å². The predicted molar refractivity (Wildman–Crippen MR) is 87.5 cm³/mol. The second-order valence-electron chi connectivity index (χ2n) is 4.37. The van der Waals surface area contributed by atoms with Crippen molar-refractivity contribution in [1.82, 2.24) is 0 Å². The molecule has 0 fully saturated rings. The van der Waals surface area contributed by atoms with Crippen LogP contribution in [0.15, 0.2) is 46.9 Å². The van der Waals surface area contributed by atoms with E-state index >= 15 is 0 Å². The summed E-state index contributed by atoms with van der Waals surface area (Å²) in [5.74, 6) is -0.110. The Labute approximate surface area is 131 Å². The molecule has 0 aromatic heterocycles. The fraction of sp³-hybridized carbons (Fsp3) is 0.133. The van der Waals surface area contributed by atoms with E-state index in [1.165, 1.54) is 0 Å². The molecule has 0 saturated carbocycles. The number of carbonyl (C=O) groups is 1. The highest BCUT2D eigenvalue weighted by molar-refractivity contribution is 9.10. The van der Waals surface area contributed by atoms with Gasteiger partial charge in [-0.1, -0.05) is 35.4 Å². The monoisotopic (exact) mass is 352 g/mol. The summed E-state index contributed by atoms with van der Waals surface area (Å²) in [6.07, 6.45) is 0. The maximum atomic E-state index is 11.8. The average Bonchev–Trinajstić information content (AvgIpc) is 2.43. The van der Waals surface area contributed by atoms with E-state index in [9.17, 15) is 4.79 Å². The van der Waals surface area contributed by atoms with Gasteiger partial charge in [0.2, 0.25) is 5.91 Å². The Morgan fingerprint density at radius 1 is 1.20 bits per heavy atom. The molecule has 2 aromatic rings. The molecule has 0 radical (unpaired) electrons. The number of rotatable bonds is 4. The number of nitrogens with one attached hydrogen (secondary N) is 2. The summed E-state index contributed by atoms with van der Waals surface area (Å²) in [7, 11) is 0. The number of hydrogen-bond donors (Lipinski definition) is 2. The van der Waals surface area contributed by atoms with Crippen molar-refractivity contribution >= 4 is 44.8 Å². The Kier molecular flexibility index (Phi) is 5.04. The van der Waals surface area contributed by atoms with E-state index in [1.54, 1.807) is 6.07 Å². The van der Waals surface area contributed by atoms with Crippen LogP contribution in [0.4, 0.5) is 11.4 Å². The lowest BCUT2D eigenvalue weighted by molar-refractivity contribution is -0.114. The molecule has 0 aliphatic heterocycles. The number of aryl methyl sites for hydroxylation is 1. The molecule has 2 aromatic carbocycles. The summed E-state index contributed by atoms with van der Waals surface area (Å²) < 4.78 is 0.754. The van der Waals surface area contributed by atoms with Crippen molar-refractivity contribution in [3.05, 3.63) is 57.5 Å². The van der Waals surface area contributed by atoms with Gasteiger partial charge >= 0.3 is 0 Å². The minimum atomic E-state index is -0.110. The van der Waals surface area contributed by atoms with Crippen LogP contribution in [0.3, 0.4) is 0 Å². The maximum Gasteiger partial charge on any atom is 0.243 e. The van der Waals surface area contributed by atoms with E-state index in [0.29, 0.717) is 5.02 Å². The Morgan fingerprint density at radius 3 is 2.60 bits per heavy atom. The van der Waals surface area contributed by atoms with Crippen LogP contribution in [0.1, 0.15) is 5.56 Å². The van der Waals surface area contributed by atoms with E-state index in [0.717, 1.165) is 21.4 Å². The first-order valence-electron chi connectivity index (χ1n) is 6.10. The quantitative estimate of drug-likeness (QED) is 0.852. The predicted octanol–water partition coefficient (Wildman–Crippen LogP) is 4.46. The zero-order valence-electron chi connectivity index (χ0n) is 10.9. The normalized spacial score (nSPS) is 10.2. The number of carbonyl (C=O) groups excluding carboxylic acids is 1. The van der Waals surface area contributed by atoms with E-state index < -0.39 is 0 Å². The van der Waals surface area contributed by atoms with Gasteiger partial charge in [-0.25, -0.2) is 0 Å². The highest BCUT2D eigenvalue weighted by Crippen LogP contribution is 2.29. The summed E-state index contributed by atoms with van der Waals surface area (Å²) in [6.45, 7) is 2.18. The highest BCUT2D eigenvalue weighted by Gasteiger charge is 2.06. The standard InChI is InChI=1S/C15H14BrClN2O/c1-10-5-7-11(8-6-10)19-14(20)9-18-13-4-2-3-12(17)15(13)16/h2-8,18H,9H2,1H3,(H,19,20). The molecular weight excluding hydrogens is 340 g/mol. The molecule has 2 rings (SSSR count). The topological polar surface area (TPSA) is 41.1 Å². The lowest BCUT2D eigenvalue weighted by Crippen LogP contribution is -2.21. The third kappa shape index (κ3) is 3.99. The maximum absolute atomic E-state index is 11.8. The van der Waals surface area contributed by atoms with Crippen LogP contribution in [0.25, 0.3) is 0 Å². The second-order valence-corrected chi connectivity index (χ2v) is 5.57. The molecule has 0 unspecified atom stereocenters. The molecule has 20 heavy (non-hydrogen) atoms. The molecule has 104 valence electrons. The van der Waals surface area contributed by atoms with Crippen LogP contribution in [-0.2, 0) is 4.79 Å². The summed E-state index contributed by atoms with van der Waals surface area (Å²) >= 11 is 9.37. The largest absolute Gasteiger partial charge is 0.375 e. The minimum absolute atomic E-state index is 0.110. The molecule has 5 heteroatoms. The highest BCUT2D eigenvalue weighted by atomic mass is 79.9. The van der Waals surface area contributed by atoms with E-state index in [1.807, 2.05) is 43.3 Å². The number of halogens is 2. The molecule has 3 nitrogen and oxygen atoms in total. The Bertz CT molecular complexity index is 614. The van der Waals surface area contributed by atoms with Crippen LogP contribution < -0.4 is 10.6 Å². The summed E-state index contributed by atoms with van der Waals surface area (Å²) in [6, 6.07) is 13.1. The Balaban J connectivity index is 1.92. The third-order valence-electron chi connectivity index (χ3n) is 2.73. The van der Waals surface area contributed by atoms with Crippen LogP contribution in [0.5, 0.6) is 0 Å². The van der Waals surface area contributed by atoms with Crippen molar-refractivity contribution in [2.45, 2.75) is 6.92 Å². The van der Waals surface area contributed by atoms with Crippen LogP contribution >= 0.6 is 27.5 Å². The summed E-state index contributed by atoms with van der Waals surface area (Å²) in [4.78, 5) is 11.8. The fourth-order valence-electron chi connectivity index (χ4n) is 1.66. The van der Waals surface area contributed by atoms with E-state index in [-0.39, 0.29) is 12.5 Å². The number of anilines is 2. The number of hydrogen-bond acceptors (Lipinski definition) is 2. The van der Waals surface area contributed by atoms with Gasteiger partial charge in [0.15, 0.2) is 0 Å². The first-order valence-corrected chi connectivity index (χ1v) is 7.28. The number of amides is 1. The van der Waals surface area contributed by atoms with Crippen molar-refractivity contribution in [2.75, 3.05) is 17.2 Å². The zero-order valence-corrected chi connectivity index (χ0v) is 13.3. The average molecular weight is 354 g/mol.